The second-order valence-corrected chi connectivity index (χ2v) is 5.48. The molecule has 1 amide bonds. The Kier molecular flexibility index (Phi) is 3.98. The van der Waals surface area contributed by atoms with Crippen LogP contribution in [0.1, 0.15) is 32.7 Å². The van der Waals surface area contributed by atoms with E-state index in [0.29, 0.717) is 16.8 Å². The van der Waals surface area contributed by atoms with Crippen molar-refractivity contribution in [3.05, 3.63) is 0 Å². The molecule has 0 unspecified atom stereocenters. The van der Waals surface area contributed by atoms with Gasteiger partial charge in [-0.2, -0.15) is 0 Å². The summed E-state index contributed by atoms with van der Waals surface area (Å²) in [5.41, 5.74) is 0. The summed E-state index contributed by atoms with van der Waals surface area (Å²) in [5, 5.41) is 15.0. The van der Waals surface area contributed by atoms with Gasteiger partial charge in [-0.05, 0) is 43.0 Å². The van der Waals surface area contributed by atoms with Crippen LogP contribution in [0.4, 0.5) is 0 Å². The molecule has 0 radical (unpaired) electrons. The minimum Gasteiger partial charge on any atom is -0.355 e. The van der Waals surface area contributed by atoms with E-state index in [1.54, 1.807) is 4.68 Å². The Balaban J connectivity index is 1.75. The monoisotopic (exact) mass is 255 g/mol. The Morgan fingerprint density at radius 1 is 1.59 bits per heavy atom. The van der Waals surface area contributed by atoms with Gasteiger partial charge in [-0.1, -0.05) is 11.8 Å². The summed E-state index contributed by atoms with van der Waals surface area (Å²) in [6.07, 6.45) is 2.50. The highest BCUT2D eigenvalue weighted by atomic mass is 32.2. The molecule has 0 aliphatic heterocycles. The van der Waals surface area contributed by atoms with Gasteiger partial charge < -0.3 is 5.32 Å². The van der Waals surface area contributed by atoms with Gasteiger partial charge in [0, 0.05) is 6.54 Å². The fourth-order valence-electron chi connectivity index (χ4n) is 1.37. The predicted octanol–water partition coefficient (Wildman–Crippen LogP) is 0.872. The van der Waals surface area contributed by atoms with Gasteiger partial charge in [-0.25, -0.2) is 4.68 Å². The molecule has 0 aromatic carbocycles. The number of hydrogen-bond donors (Lipinski definition) is 1. The zero-order chi connectivity index (χ0) is 12.3. The minimum absolute atomic E-state index is 0.0557. The molecule has 6 nitrogen and oxygen atoms in total. The van der Waals surface area contributed by atoms with E-state index in [2.05, 4.69) is 20.8 Å². The first-order valence-corrected chi connectivity index (χ1v) is 6.82. The van der Waals surface area contributed by atoms with Crippen LogP contribution in [-0.4, -0.2) is 38.4 Å². The van der Waals surface area contributed by atoms with Crippen LogP contribution in [0.5, 0.6) is 0 Å². The molecule has 0 bridgehead atoms. The summed E-state index contributed by atoms with van der Waals surface area (Å²) in [4.78, 5) is 11.5. The minimum atomic E-state index is 0.0557. The van der Waals surface area contributed by atoms with E-state index >= 15 is 0 Å². The van der Waals surface area contributed by atoms with Crippen LogP contribution in [0, 0.1) is 5.92 Å². The molecule has 1 heterocycles. The van der Waals surface area contributed by atoms with Crippen LogP contribution in [0.2, 0.25) is 0 Å². The first kappa shape index (κ1) is 12.3. The number of rotatable bonds is 6. The lowest BCUT2D eigenvalue weighted by Gasteiger charge is -2.07. The molecule has 7 heteroatoms. The van der Waals surface area contributed by atoms with E-state index in [4.69, 9.17) is 0 Å². The fraction of sp³-hybridized carbons (Fsp3) is 0.800. The maximum atomic E-state index is 11.5. The standard InChI is InChI=1S/C10H17N5OS/c1-7(2)15-10(12-13-14-15)17-6-9(16)11-5-8-3-4-8/h7-8H,3-6H2,1-2H3,(H,11,16). The molecule has 1 fully saturated rings. The number of hydrogen-bond acceptors (Lipinski definition) is 5. The van der Waals surface area contributed by atoms with E-state index in [1.165, 1.54) is 24.6 Å². The Hall–Kier alpha value is -1.11. The van der Waals surface area contributed by atoms with Crippen LogP contribution < -0.4 is 5.32 Å². The molecule has 1 aromatic heterocycles. The molecule has 0 atom stereocenters. The molecule has 1 aliphatic rings. The van der Waals surface area contributed by atoms with E-state index in [9.17, 15) is 4.79 Å². The second kappa shape index (κ2) is 5.48. The highest BCUT2D eigenvalue weighted by Gasteiger charge is 2.21. The third-order valence-corrected chi connectivity index (χ3v) is 3.50. The van der Waals surface area contributed by atoms with Crippen molar-refractivity contribution in [2.75, 3.05) is 12.3 Å². The summed E-state index contributed by atoms with van der Waals surface area (Å²) < 4.78 is 1.72. The average Bonchev–Trinajstić information content (AvgIpc) is 3.00. The Morgan fingerprint density at radius 3 is 3.00 bits per heavy atom. The van der Waals surface area contributed by atoms with Gasteiger partial charge in [-0.15, -0.1) is 5.10 Å². The van der Waals surface area contributed by atoms with Crippen LogP contribution >= 0.6 is 11.8 Å². The zero-order valence-corrected chi connectivity index (χ0v) is 10.9. The largest absolute Gasteiger partial charge is 0.355 e. The number of aromatic nitrogens is 4. The predicted molar refractivity (Wildman–Crippen MR) is 64.7 cm³/mol. The highest BCUT2D eigenvalue weighted by Crippen LogP contribution is 2.27. The van der Waals surface area contributed by atoms with Crippen molar-refractivity contribution in [2.24, 2.45) is 5.92 Å². The number of thioether (sulfide) groups is 1. The number of tetrazole rings is 1. The molecule has 1 aromatic rings. The molecular weight excluding hydrogens is 238 g/mol. The number of nitrogens with one attached hydrogen (secondary N) is 1. The summed E-state index contributed by atoms with van der Waals surface area (Å²) in [6, 6.07) is 0.210. The smallest absolute Gasteiger partial charge is 0.230 e. The van der Waals surface area contributed by atoms with E-state index < -0.39 is 0 Å². The Morgan fingerprint density at radius 2 is 2.35 bits per heavy atom. The topological polar surface area (TPSA) is 72.7 Å². The third kappa shape index (κ3) is 3.69. The summed E-state index contributed by atoms with van der Waals surface area (Å²) in [5.74, 6) is 1.14. The maximum absolute atomic E-state index is 11.5. The molecule has 94 valence electrons. The summed E-state index contributed by atoms with van der Waals surface area (Å²) >= 11 is 1.38. The van der Waals surface area contributed by atoms with E-state index in [0.717, 1.165) is 6.54 Å². The Bertz CT molecular complexity index is 388. The molecule has 0 spiro atoms. The van der Waals surface area contributed by atoms with Crippen LogP contribution in [0.15, 0.2) is 5.16 Å². The lowest BCUT2D eigenvalue weighted by Crippen LogP contribution is -2.27. The maximum Gasteiger partial charge on any atom is 0.230 e. The highest BCUT2D eigenvalue weighted by molar-refractivity contribution is 7.99. The quantitative estimate of drug-likeness (QED) is 0.764. The first-order chi connectivity index (χ1) is 8.16. The zero-order valence-electron chi connectivity index (χ0n) is 10.1. The van der Waals surface area contributed by atoms with Crippen LogP contribution in [0.25, 0.3) is 0 Å². The van der Waals surface area contributed by atoms with Crippen molar-refractivity contribution < 1.29 is 4.79 Å². The van der Waals surface area contributed by atoms with Crippen LogP contribution in [0.3, 0.4) is 0 Å². The lowest BCUT2D eigenvalue weighted by atomic mass is 10.4. The number of amides is 1. The number of carbonyl (C=O) groups is 1. The van der Waals surface area contributed by atoms with Crippen molar-refractivity contribution in [2.45, 2.75) is 37.9 Å². The first-order valence-electron chi connectivity index (χ1n) is 5.84. The van der Waals surface area contributed by atoms with Crippen molar-refractivity contribution in [1.29, 1.82) is 0 Å². The van der Waals surface area contributed by atoms with Gasteiger partial charge >= 0.3 is 0 Å². The second-order valence-electron chi connectivity index (χ2n) is 4.54. The molecule has 1 aliphatic carbocycles. The molecular formula is C10H17N5OS. The third-order valence-electron chi connectivity index (χ3n) is 2.57. The van der Waals surface area contributed by atoms with Gasteiger partial charge in [0.15, 0.2) is 0 Å². The Labute approximate surface area is 105 Å². The lowest BCUT2D eigenvalue weighted by molar-refractivity contribution is -0.118. The van der Waals surface area contributed by atoms with Crippen molar-refractivity contribution in [3.8, 4) is 0 Å². The molecule has 1 N–H and O–H groups in total. The van der Waals surface area contributed by atoms with Crippen molar-refractivity contribution in [3.63, 3.8) is 0 Å². The molecule has 1 saturated carbocycles. The average molecular weight is 255 g/mol. The van der Waals surface area contributed by atoms with Gasteiger partial charge in [0.25, 0.3) is 0 Å². The van der Waals surface area contributed by atoms with Crippen molar-refractivity contribution in [1.82, 2.24) is 25.5 Å². The molecule has 0 saturated heterocycles. The van der Waals surface area contributed by atoms with Gasteiger partial charge in [0.1, 0.15) is 0 Å². The number of nitrogens with zero attached hydrogens (tertiary/aromatic N) is 4. The van der Waals surface area contributed by atoms with Crippen LogP contribution in [-0.2, 0) is 4.79 Å². The molecule has 2 rings (SSSR count). The molecule has 17 heavy (non-hydrogen) atoms. The van der Waals surface area contributed by atoms with Gasteiger partial charge in [0.2, 0.25) is 11.1 Å². The summed E-state index contributed by atoms with van der Waals surface area (Å²) in [6.45, 7) is 4.83. The van der Waals surface area contributed by atoms with E-state index in [1.807, 2.05) is 13.8 Å². The fourth-order valence-corrected chi connectivity index (χ4v) is 2.20. The van der Waals surface area contributed by atoms with Gasteiger partial charge in [0.05, 0.1) is 11.8 Å². The number of carbonyl (C=O) groups excluding carboxylic acids is 1. The SMILES string of the molecule is CC(C)n1nnnc1SCC(=O)NCC1CC1. The normalized spacial score (nSPS) is 15.2. The summed E-state index contributed by atoms with van der Waals surface area (Å²) in [7, 11) is 0. The van der Waals surface area contributed by atoms with E-state index in [-0.39, 0.29) is 11.9 Å². The van der Waals surface area contributed by atoms with Gasteiger partial charge in [-0.3, -0.25) is 4.79 Å². The van der Waals surface area contributed by atoms with Crippen molar-refractivity contribution >= 4 is 17.7 Å².